The van der Waals surface area contributed by atoms with Gasteiger partial charge in [0.2, 0.25) is 0 Å². The zero-order valence-electron chi connectivity index (χ0n) is 11.6. The monoisotopic (exact) mass is 267 g/mol. The average Bonchev–Trinajstić information content (AvgIpc) is 2.90. The highest BCUT2D eigenvalue weighted by molar-refractivity contribution is 8.00. The minimum absolute atomic E-state index is 0.482. The van der Waals surface area contributed by atoms with Crippen LogP contribution in [0, 0.1) is 0 Å². The molecule has 1 aliphatic rings. The maximum absolute atomic E-state index is 5.40. The Labute approximate surface area is 115 Å². The average molecular weight is 267 g/mol. The minimum Gasteiger partial charge on any atom is -0.469 e. The molecular weight excluding hydrogens is 242 g/mol. The predicted molar refractivity (Wildman–Crippen MR) is 79.2 cm³/mol. The third-order valence-corrected chi connectivity index (χ3v) is 5.48. The van der Waals surface area contributed by atoms with E-state index in [2.05, 4.69) is 36.3 Å². The van der Waals surface area contributed by atoms with Crippen molar-refractivity contribution in [2.24, 2.45) is 0 Å². The fourth-order valence-electron chi connectivity index (χ4n) is 2.81. The van der Waals surface area contributed by atoms with E-state index >= 15 is 0 Å². The molecule has 0 bridgehead atoms. The number of thioether (sulfide) groups is 1. The summed E-state index contributed by atoms with van der Waals surface area (Å²) < 4.78 is 5.88. The van der Waals surface area contributed by atoms with Crippen LogP contribution in [0.1, 0.15) is 44.8 Å². The number of furan rings is 1. The Morgan fingerprint density at radius 3 is 2.78 bits per heavy atom. The molecule has 3 heteroatoms. The lowest BCUT2D eigenvalue weighted by atomic mass is 9.88. The molecule has 1 fully saturated rings. The molecule has 0 spiro atoms. The van der Waals surface area contributed by atoms with Gasteiger partial charge in [-0.15, -0.1) is 0 Å². The van der Waals surface area contributed by atoms with Gasteiger partial charge in [0.15, 0.2) is 0 Å². The van der Waals surface area contributed by atoms with E-state index in [9.17, 15) is 0 Å². The third kappa shape index (κ3) is 3.79. The van der Waals surface area contributed by atoms with Gasteiger partial charge in [0.05, 0.1) is 6.26 Å². The maximum atomic E-state index is 5.40. The number of hydrogen-bond acceptors (Lipinski definition) is 3. The summed E-state index contributed by atoms with van der Waals surface area (Å²) in [5.41, 5.74) is 0. The molecule has 1 N–H and O–H groups in total. The Kier molecular flexibility index (Phi) is 5.19. The van der Waals surface area contributed by atoms with E-state index < -0.39 is 0 Å². The van der Waals surface area contributed by atoms with Crippen LogP contribution in [0.5, 0.6) is 0 Å². The lowest BCUT2D eigenvalue weighted by molar-refractivity contribution is 0.359. The molecule has 102 valence electrons. The molecule has 0 amide bonds. The van der Waals surface area contributed by atoms with Crippen molar-refractivity contribution in [2.45, 2.75) is 56.2 Å². The van der Waals surface area contributed by atoms with Gasteiger partial charge >= 0.3 is 0 Å². The Morgan fingerprint density at radius 1 is 1.39 bits per heavy atom. The van der Waals surface area contributed by atoms with Crippen molar-refractivity contribution in [3.63, 3.8) is 0 Å². The van der Waals surface area contributed by atoms with E-state index in [0.717, 1.165) is 18.7 Å². The van der Waals surface area contributed by atoms with Crippen LogP contribution in [0.2, 0.25) is 0 Å². The fourth-order valence-corrected chi connectivity index (χ4v) is 3.74. The second-order valence-corrected chi connectivity index (χ2v) is 6.79. The Morgan fingerprint density at radius 2 is 2.17 bits per heavy atom. The maximum Gasteiger partial charge on any atom is 0.105 e. The molecule has 2 nitrogen and oxygen atoms in total. The van der Waals surface area contributed by atoms with Crippen LogP contribution in [-0.2, 0) is 6.42 Å². The molecule has 1 unspecified atom stereocenters. The van der Waals surface area contributed by atoms with Crippen molar-refractivity contribution >= 4 is 11.8 Å². The van der Waals surface area contributed by atoms with Crippen LogP contribution < -0.4 is 5.32 Å². The second-order valence-electron chi connectivity index (χ2n) is 5.51. The summed E-state index contributed by atoms with van der Waals surface area (Å²) in [5.74, 6) is 1.08. The smallest absolute Gasteiger partial charge is 0.105 e. The quantitative estimate of drug-likeness (QED) is 0.847. The number of nitrogens with one attached hydrogen (secondary N) is 1. The van der Waals surface area contributed by atoms with Crippen LogP contribution in [0.25, 0.3) is 0 Å². The molecule has 1 saturated carbocycles. The molecule has 0 aromatic carbocycles. The first-order valence-electron chi connectivity index (χ1n) is 7.05. The largest absolute Gasteiger partial charge is 0.469 e. The lowest BCUT2D eigenvalue weighted by Crippen LogP contribution is -2.43. The highest BCUT2D eigenvalue weighted by atomic mass is 32.2. The molecule has 1 atom stereocenters. The number of rotatable bonds is 6. The van der Waals surface area contributed by atoms with Crippen molar-refractivity contribution in [2.75, 3.05) is 12.8 Å². The molecule has 0 radical (unpaired) electrons. The van der Waals surface area contributed by atoms with Crippen LogP contribution in [0.3, 0.4) is 0 Å². The van der Waals surface area contributed by atoms with Gasteiger partial charge in [0.25, 0.3) is 0 Å². The highest BCUT2D eigenvalue weighted by Crippen LogP contribution is 2.38. The second kappa shape index (κ2) is 6.67. The molecule has 2 rings (SSSR count). The predicted octanol–water partition coefficient (Wildman–Crippen LogP) is 3.87. The Balaban J connectivity index is 1.78. The molecule has 1 aliphatic carbocycles. The van der Waals surface area contributed by atoms with Gasteiger partial charge in [0.1, 0.15) is 5.76 Å². The molecule has 0 saturated heterocycles. The molecule has 18 heavy (non-hydrogen) atoms. The van der Waals surface area contributed by atoms with Crippen LogP contribution in [0.15, 0.2) is 22.8 Å². The lowest BCUT2D eigenvalue weighted by Gasteiger charge is -2.37. The summed E-state index contributed by atoms with van der Waals surface area (Å²) in [6.07, 6.45) is 12.0. The fraction of sp³-hybridized carbons (Fsp3) is 0.733. The van der Waals surface area contributed by atoms with Crippen molar-refractivity contribution < 1.29 is 4.42 Å². The van der Waals surface area contributed by atoms with Gasteiger partial charge in [0, 0.05) is 23.8 Å². The first-order valence-corrected chi connectivity index (χ1v) is 8.27. The third-order valence-electron chi connectivity index (χ3n) is 4.06. The van der Waals surface area contributed by atoms with Gasteiger partial charge in [-0.3, -0.25) is 0 Å². The van der Waals surface area contributed by atoms with Crippen molar-refractivity contribution in [1.29, 1.82) is 0 Å². The summed E-state index contributed by atoms with van der Waals surface area (Å²) >= 11 is 2.06. The minimum atomic E-state index is 0.482. The van der Waals surface area contributed by atoms with Crippen molar-refractivity contribution in [3.05, 3.63) is 24.2 Å². The molecule has 1 aromatic rings. The Hall–Kier alpha value is -0.410. The first-order chi connectivity index (χ1) is 8.74. The van der Waals surface area contributed by atoms with E-state index in [0.29, 0.717) is 10.8 Å². The molecule has 1 heterocycles. The van der Waals surface area contributed by atoms with E-state index in [1.807, 2.05) is 6.07 Å². The van der Waals surface area contributed by atoms with Crippen molar-refractivity contribution in [3.8, 4) is 0 Å². The highest BCUT2D eigenvalue weighted by Gasteiger charge is 2.31. The van der Waals surface area contributed by atoms with Gasteiger partial charge in [-0.1, -0.05) is 19.3 Å². The van der Waals surface area contributed by atoms with Gasteiger partial charge in [-0.05, 0) is 38.2 Å². The van der Waals surface area contributed by atoms with E-state index in [1.165, 1.54) is 32.1 Å². The molecule has 0 aliphatic heterocycles. The van der Waals surface area contributed by atoms with Gasteiger partial charge < -0.3 is 9.73 Å². The number of hydrogen-bond donors (Lipinski definition) is 1. The summed E-state index contributed by atoms with van der Waals surface area (Å²) in [6.45, 7) is 3.38. The zero-order chi connectivity index (χ0) is 12.8. The topological polar surface area (TPSA) is 25.2 Å². The first kappa shape index (κ1) is 14.0. The Bertz CT molecular complexity index is 330. The van der Waals surface area contributed by atoms with Crippen LogP contribution in [-0.4, -0.2) is 23.6 Å². The van der Waals surface area contributed by atoms with Crippen molar-refractivity contribution in [1.82, 2.24) is 5.32 Å². The van der Waals surface area contributed by atoms with E-state index in [4.69, 9.17) is 4.42 Å². The zero-order valence-corrected chi connectivity index (χ0v) is 12.4. The molecular formula is C15H25NOS. The summed E-state index contributed by atoms with van der Waals surface area (Å²) in [6, 6.07) is 4.51. The van der Waals surface area contributed by atoms with E-state index in [1.54, 1.807) is 6.26 Å². The SMILES string of the molecule is CSC1(CNC(C)Cc2ccco2)CCCCC1. The standard InChI is InChI=1S/C15H25NOS/c1-13(11-14-7-6-10-17-14)16-12-15(18-2)8-4-3-5-9-15/h6-7,10,13,16H,3-5,8-9,11-12H2,1-2H3. The van der Waals surface area contributed by atoms with Gasteiger partial charge in [-0.2, -0.15) is 11.8 Å². The van der Waals surface area contributed by atoms with E-state index in [-0.39, 0.29) is 0 Å². The molecule has 1 aromatic heterocycles. The van der Waals surface area contributed by atoms with Gasteiger partial charge in [-0.25, -0.2) is 0 Å². The van der Waals surface area contributed by atoms with Crippen LogP contribution in [0.4, 0.5) is 0 Å². The normalized spacial score (nSPS) is 20.8. The summed E-state index contributed by atoms with van der Waals surface area (Å²) in [5, 5.41) is 3.70. The van der Waals surface area contributed by atoms with Crippen LogP contribution >= 0.6 is 11.8 Å². The summed E-state index contributed by atoms with van der Waals surface area (Å²) in [7, 11) is 0. The summed E-state index contributed by atoms with van der Waals surface area (Å²) in [4.78, 5) is 0.